The number of benzene rings is 2. The number of aromatic nitrogens is 5. The number of nitrogens with one attached hydrogen (secondary N) is 3. The Morgan fingerprint density at radius 2 is 1.68 bits per heavy atom. The van der Waals surface area contributed by atoms with Gasteiger partial charge in [-0.3, -0.25) is 25.0 Å². The van der Waals surface area contributed by atoms with Crippen LogP contribution in [0.25, 0.3) is 33.3 Å². The molecule has 0 amide bonds. The number of rotatable bonds is 7. The summed E-state index contributed by atoms with van der Waals surface area (Å²) in [6.07, 6.45) is 9.23. The van der Waals surface area contributed by atoms with Gasteiger partial charge >= 0.3 is 0 Å². The van der Waals surface area contributed by atoms with Gasteiger partial charge in [0.15, 0.2) is 5.84 Å². The number of anilines is 1. The van der Waals surface area contributed by atoms with Crippen LogP contribution in [-0.2, 0) is 19.6 Å². The van der Waals surface area contributed by atoms with Crippen LogP contribution in [0.15, 0.2) is 109 Å². The summed E-state index contributed by atoms with van der Waals surface area (Å²) in [5, 5.41) is 15.7. The van der Waals surface area contributed by atoms with E-state index >= 15 is 0 Å². The standard InChI is InChI=1S/C32H26N8/c1-2-6-21(7-3-1)14-34-15-22-12-24(18-35-16-22)29-13-26-30(20-36-29)39-40-31(26)32-37-19-27-25(9-4-10-28(27)38-32)23-8-5-11-33-17-23/h1-13,16-18,20,34H,14-15,19H2,(H,37,38)(H,39,40). The number of nitrogens with zero attached hydrogens (tertiary/aromatic N) is 5. The van der Waals surface area contributed by atoms with Crippen LogP contribution < -0.4 is 10.6 Å². The Morgan fingerprint density at radius 1 is 0.775 bits per heavy atom. The third-order valence-electron chi connectivity index (χ3n) is 7.06. The molecule has 4 aromatic heterocycles. The Balaban J connectivity index is 1.14. The molecule has 1 aliphatic rings. The molecule has 3 N–H and O–H groups in total. The van der Waals surface area contributed by atoms with E-state index in [2.05, 4.69) is 96.4 Å². The number of hydrogen-bond acceptors (Lipinski definition) is 7. The molecule has 7 rings (SSSR count). The normalized spacial score (nSPS) is 12.6. The summed E-state index contributed by atoms with van der Waals surface area (Å²) >= 11 is 0. The first-order valence-corrected chi connectivity index (χ1v) is 13.2. The highest BCUT2D eigenvalue weighted by Crippen LogP contribution is 2.33. The van der Waals surface area contributed by atoms with Crippen molar-refractivity contribution in [3.63, 3.8) is 0 Å². The fourth-order valence-corrected chi connectivity index (χ4v) is 5.05. The summed E-state index contributed by atoms with van der Waals surface area (Å²) in [4.78, 5) is 18.3. The van der Waals surface area contributed by atoms with Crippen LogP contribution >= 0.6 is 0 Å². The summed E-state index contributed by atoms with van der Waals surface area (Å²) in [6, 6.07) is 24.8. The second-order valence-electron chi connectivity index (χ2n) is 9.72. The number of fused-ring (bicyclic) bond motifs is 2. The maximum absolute atomic E-state index is 4.89. The SMILES string of the molecule is c1ccc(CNCc2cncc(-c3cc4c(C5=NCc6c(cccc6-c6cccnc6)N5)n[nH]c4cn3)c2)cc1. The maximum Gasteiger partial charge on any atom is 0.154 e. The smallest absolute Gasteiger partial charge is 0.154 e. The van der Waals surface area contributed by atoms with Gasteiger partial charge < -0.3 is 10.6 Å². The zero-order chi connectivity index (χ0) is 26.7. The Bertz CT molecular complexity index is 1830. The summed E-state index contributed by atoms with van der Waals surface area (Å²) in [5.41, 5.74) is 10.1. The first-order chi connectivity index (χ1) is 19.8. The van der Waals surface area contributed by atoms with E-state index in [-0.39, 0.29) is 0 Å². The molecule has 0 fully saturated rings. The maximum atomic E-state index is 4.89. The zero-order valence-corrected chi connectivity index (χ0v) is 21.7. The number of pyridine rings is 3. The van der Waals surface area contributed by atoms with Crippen LogP contribution in [-0.4, -0.2) is 31.0 Å². The van der Waals surface area contributed by atoms with Gasteiger partial charge in [-0.05, 0) is 41.0 Å². The van der Waals surface area contributed by atoms with Crippen molar-refractivity contribution in [3.8, 4) is 22.4 Å². The van der Waals surface area contributed by atoms with Crippen molar-refractivity contribution < 1.29 is 0 Å². The van der Waals surface area contributed by atoms with Crippen molar-refractivity contribution in [3.05, 3.63) is 126 Å². The van der Waals surface area contributed by atoms with E-state index in [1.54, 1.807) is 6.20 Å². The van der Waals surface area contributed by atoms with Gasteiger partial charge in [0, 0.05) is 65.6 Å². The topological polar surface area (TPSA) is 104 Å². The molecule has 1 aliphatic heterocycles. The van der Waals surface area contributed by atoms with Crippen LogP contribution in [0.1, 0.15) is 22.4 Å². The summed E-state index contributed by atoms with van der Waals surface area (Å²) in [6.45, 7) is 2.07. The van der Waals surface area contributed by atoms with Gasteiger partial charge in [-0.1, -0.05) is 48.5 Å². The van der Waals surface area contributed by atoms with Crippen molar-refractivity contribution in [2.24, 2.45) is 4.99 Å². The number of aliphatic imine (C=N–C) groups is 1. The summed E-state index contributed by atoms with van der Waals surface area (Å²) < 4.78 is 0. The van der Waals surface area contributed by atoms with Crippen molar-refractivity contribution in [1.29, 1.82) is 0 Å². The zero-order valence-electron chi connectivity index (χ0n) is 21.7. The molecular formula is C32H26N8. The molecule has 0 saturated heterocycles. The molecule has 0 saturated carbocycles. The number of hydrogen-bond donors (Lipinski definition) is 3. The summed E-state index contributed by atoms with van der Waals surface area (Å²) in [7, 11) is 0. The van der Waals surface area contributed by atoms with E-state index in [1.165, 1.54) is 5.56 Å². The molecule has 0 unspecified atom stereocenters. The predicted octanol–water partition coefficient (Wildman–Crippen LogP) is 5.74. The minimum absolute atomic E-state index is 0.553. The second kappa shape index (κ2) is 10.5. The fourth-order valence-electron chi connectivity index (χ4n) is 5.05. The van der Waals surface area contributed by atoms with Crippen LogP contribution in [0, 0.1) is 0 Å². The van der Waals surface area contributed by atoms with Crippen LogP contribution in [0.2, 0.25) is 0 Å². The highest BCUT2D eigenvalue weighted by Gasteiger charge is 2.21. The van der Waals surface area contributed by atoms with Crippen LogP contribution in [0.4, 0.5) is 5.69 Å². The van der Waals surface area contributed by atoms with Crippen molar-refractivity contribution in [2.75, 3.05) is 5.32 Å². The van der Waals surface area contributed by atoms with E-state index in [0.29, 0.717) is 6.54 Å². The van der Waals surface area contributed by atoms with E-state index in [1.807, 2.05) is 36.9 Å². The molecule has 2 aromatic carbocycles. The molecule has 0 bridgehead atoms. The van der Waals surface area contributed by atoms with E-state index in [4.69, 9.17) is 4.99 Å². The highest BCUT2D eigenvalue weighted by atomic mass is 15.2. The van der Waals surface area contributed by atoms with E-state index < -0.39 is 0 Å². The average molecular weight is 523 g/mol. The Kier molecular flexibility index (Phi) is 6.27. The molecule has 0 radical (unpaired) electrons. The molecule has 6 aromatic rings. The van der Waals surface area contributed by atoms with Crippen LogP contribution in [0.5, 0.6) is 0 Å². The number of amidine groups is 1. The predicted molar refractivity (Wildman–Crippen MR) is 158 cm³/mol. The van der Waals surface area contributed by atoms with Gasteiger partial charge in [0.05, 0.1) is 24.0 Å². The molecule has 0 atom stereocenters. The molecule has 5 heterocycles. The third-order valence-corrected chi connectivity index (χ3v) is 7.06. The van der Waals surface area contributed by atoms with Gasteiger partial charge in [-0.2, -0.15) is 5.10 Å². The largest absolute Gasteiger partial charge is 0.338 e. The van der Waals surface area contributed by atoms with Gasteiger partial charge in [-0.25, -0.2) is 0 Å². The number of H-pyrrole nitrogens is 1. The average Bonchev–Trinajstić information content (AvgIpc) is 3.45. The lowest BCUT2D eigenvalue weighted by molar-refractivity contribution is 0.691. The molecular weight excluding hydrogens is 496 g/mol. The Labute approximate surface area is 231 Å². The minimum Gasteiger partial charge on any atom is -0.338 e. The molecule has 8 nitrogen and oxygen atoms in total. The first kappa shape index (κ1) is 23.9. The molecule has 8 heteroatoms. The van der Waals surface area contributed by atoms with Gasteiger partial charge in [0.25, 0.3) is 0 Å². The summed E-state index contributed by atoms with van der Waals surface area (Å²) in [5.74, 6) is 0.733. The quantitative estimate of drug-likeness (QED) is 0.247. The van der Waals surface area contributed by atoms with Gasteiger partial charge in [0.2, 0.25) is 0 Å². The van der Waals surface area contributed by atoms with Gasteiger partial charge in [-0.15, -0.1) is 0 Å². The lowest BCUT2D eigenvalue weighted by Crippen LogP contribution is -2.20. The Morgan fingerprint density at radius 3 is 2.58 bits per heavy atom. The van der Waals surface area contributed by atoms with Crippen molar-refractivity contribution >= 4 is 22.4 Å². The second-order valence-corrected chi connectivity index (χ2v) is 9.72. The lowest BCUT2D eigenvalue weighted by Gasteiger charge is -2.20. The first-order valence-electron chi connectivity index (χ1n) is 13.2. The fraction of sp³-hybridized carbons (Fsp3) is 0.0938. The molecule has 0 aliphatic carbocycles. The molecule has 194 valence electrons. The van der Waals surface area contributed by atoms with E-state index in [0.717, 1.165) is 74.7 Å². The van der Waals surface area contributed by atoms with Crippen molar-refractivity contribution in [2.45, 2.75) is 19.6 Å². The van der Waals surface area contributed by atoms with Gasteiger partial charge in [0.1, 0.15) is 5.69 Å². The molecule has 40 heavy (non-hydrogen) atoms. The highest BCUT2D eigenvalue weighted by molar-refractivity contribution is 6.15. The van der Waals surface area contributed by atoms with Crippen LogP contribution in [0.3, 0.4) is 0 Å². The monoisotopic (exact) mass is 522 g/mol. The Hall–Kier alpha value is -5.21. The molecule has 0 spiro atoms. The minimum atomic E-state index is 0.553. The third kappa shape index (κ3) is 4.72. The van der Waals surface area contributed by atoms with E-state index in [9.17, 15) is 0 Å². The lowest BCUT2D eigenvalue weighted by atomic mass is 9.98. The van der Waals surface area contributed by atoms with Crippen molar-refractivity contribution in [1.82, 2.24) is 30.5 Å². The number of aromatic amines is 1.